The molecule has 0 fully saturated rings. The van der Waals surface area contributed by atoms with Crippen LogP contribution in [0.25, 0.3) is 0 Å². The molecule has 0 atom stereocenters. The van der Waals surface area contributed by atoms with E-state index in [-0.39, 0.29) is 10.8 Å². The van der Waals surface area contributed by atoms with Crippen LogP contribution in [0.5, 0.6) is 11.5 Å². The van der Waals surface area contributed by atoms with Gasteiger partial charge in [-0.05, 0) is 43.7 Å². The van der Waals surface area contributed by atoms with Crippen molar-refractivity contribution in [2.75, 3.05) is 7.11 Å². The van der Waals surface area contributed by atoms with Crippen LogP contribution in [0.2, 0.25) is 0 Å². The maximum atomic E-state index is 12.3. The summed E-state index contributed by atoms with van der Waals surface area (Å²) in [5.41, 5.74) is 0.792. The third-order valence-electron chi connectivity index (χ3n) is 3.49. The average Bonchev–Trinajstić information content (AvgIpc) is 2.33. The minimum absolute atomic E-state index is 0.216. The molecule has 136 valence electrons. The van der Waals surface area contributed by atoms with E-state index in [0.29, 0.717) is 5.75 Å². The fraction of sp³-hybridized carbons (Fsp3) is 0.650. The van der Waals surface area contributed by atoms with Gasteiger partial charge in [0, 0.05) is 11.1 Å². The van der Waals surface area contributed by atoms with Gasteiger partial charge in [0.15, 0.2) is 0 Å². The third kappa shape index (κ3) is 5.43. The monoisotopic (exact) mass is 336 g/mol. The SMILES string of the molecule is COc1cc(C(C)(C)C)c(OC(=O)OC(C)(C)C)c(C(C)(C)C)c1. The molecule has 1 aromatic carbocycles. The van der Waals surface area contributed by atoms with Gasteiger partial charge in [0.1, 0.15) is 17.1 Å². The molecular weight excluding hydrogens is 304 g/mol. The van der Waals surface area contributed by atoms with Crippen LogP contribution in [0, 0.1) is 0 Å². The molecule has 4 nitrogen and oxygen atoms in total. The molecule has 1 rings (SSSR count). The Balaban J connectivity index is 3.51. The molecule has 0 saturated heterocycles. The van der Waals surface area contributed by atoms with E-state index in [4.69, 9.17) is 14.2 Å². The van der Waals surface area contributed by atoms with Crippen LogP contribution in [0.4, 0.5) is 4.79 Å². The molecule has 24 heavy (non-hydrogen) atoms. The molecule has 0 bridgehead atoms. The van der Waals surface area contributed by atoms with Crippen LogP contribution >= 0.6 is 0 Å². The summed E-state index contributed by atoms with van der Waals surface area (Å²) in [6.07, 6.45) is -0.691. The van der Waals surface area contributed by atoms with E-state index in [1.165, 1.54) is 0 Å². The Morgan fingerprint density at radius 1 is 0.833 bits per heavy atom. The van der Waals surface area contributed by atoms with Crippen LogP contribution in [-0.4, -0.2) is 18.9 Å². The first kappa shape index (κ1) is 20.3. The molecule has 0 aliphatic rings. The van der Waals surface area contributed by atoms with Gasteiger partial charge >= 0.3 is 6.16 Å². The van der Waals surface area contributed by atoms with Gasteiger partial charge < -0.3 is 14.2 Å². The van der Waals surface area contributed by atoms with Crippen molar-refractivity contribution in [1.82, 2.24) is 0 Å². The fourth-order valence-corrected chi connectivity index (χ4v) is 2.30. The van der Waals surface area contributed by atoms with Crippen LogP contribution in [-0.2, 0) is 15.6 Å². The molecule has 0 heterocycles. The van der Waals surface area contributed by atoms with Crippen molar-refractivity contribution < 1.29 is 19.0 Å². The first-order chi connectivity index (χ1) is 10.6. The summed E-state index contributed by atoms with van der Waals surface area (Å²) in [6.45, 7) is 17.9. The molecule has 0 aliphatic heterocycles. The highest BCUT2D eigenvalue weighted by Gasteiger charge is 2.30. The van der Waals surface area contributed by atoms with E-state index in [1.54, 1.807) is 7.11 Å². The van der Waals surface area contributed by atoms with Crippen molar-refractivity contribution in [2.24, 2.45) is 0 Å². The Labute approximate surface area is 146 Å². The van der Waals surface area contributed by atoms with E-state index >= 15 is 0 Å². The lowest BCUT2D eigenvalue weighted by atomic mass is 9.79. The Hall–Kier alpha value is -1.71. The second-order valence-electron chi connectivity index (χ2n) is 9.12. The van der Waals surface area contributed by atoms with Gasteiger partial charge in [-0.3, -0.25) is 0 Å². The predicted octanol–water partition coefficient (Wildman–Crippen LogP) is 5.60. The summed E-state index contributed by atoms with van der Waals surface area (Å²) in [6, 6.07) is 3.85. The Morgan fingerprint density at radius 2 is 1.25 bits per heavy atom. The summed E-state index contributed by atoms with van der Waals surface area (Å²) < 4.78 is 16.5. The number of carbonyl (C=O) groups excluding carboxylic acids is 1. The minimum Gasteiger partial charge on any atom is -0.497 e. The lowest BCUT2D eigenvalue weighted by molar-refractivity contribution is 0.0199. The van der Waals surface area contributed by atoms with Crippen LogP contribution < -0.4 is 9.47 Å². The summed E-state index contributed by atoms with van der Waals surface area (Å²) >= 11 is 0. The number of methoxy groups -OCH3 is 1. The first-order valence-corrected chi connectivity index (χ1v) is 8.29. The molecule has 0 unspecified atom stereocenters. The van der Waals surface area contributed by atoms with Crippen LogP contribution in [0.3, 0.4) is 0 Å². The molecule has 4 heteroatoms. The van der Waals surface area contributed by atoms with Crippen molar-refractivity contribution in [2.45, 2.75) is 78.7 Å². The van der Waals surface area contributed by atoms with Gasteiger partial charge in [0.2, 0.25) is 0 Å². The third-order valence-corrected chi connectivity index (χ3v) is 3.49. The molecule has 0 aromatic heterocycles. The highest BCUT2D eigenvalue weighted by molar-refractivity contribution is 5.67. The highest BCUT2D eigenvalue weighted by atomic mass is 16.7. The predicted molar refractivity (Wildman–Crippen MR) is 97.3 cm³/mol. The molecule has 0 radical (unpaired) electrons. The molecule has 0 aliphatic carbocycles. The molecule has 1 aromatic rings. The zero-order chi connectivity index (χ0) is 18.9. The molecule has 0 saturated carbocycles. The number of carbonyl (C=O) groups is 1. The molecule has 0 spiro atoms. The lowest BCUT2D eigenvalue weighted by Crippen LogP contribution is -2.28. The smallest absolute Gasteiger partial charge is 0.497 e. The second-order valence-corrected chi connectivity index (χ2v) is 9.12. The standard InChI is InChI=1S/C20H32O4/c1-18(2,3)14-11-13(22-10)12-15(19(4,5)6)16(14)23-17(21)24-20(7,8)9/h11-12H,1-10H3. The summed E-state index contributed by atoms with van der Waals surface area (Å²) in [7, 11) is 1.64. The number of ether oxygens (including phenoxy) is 3. The van der Waals surface area contributed by atoms with Crippen molar-refractivity contribution in [3.05, 3.63) is 23.3 Å². The number of benzene rings is 1. The van der Waals surface area contributed by atoms with Crippen LogP contribution in [0.1, 0.15) is 73.4 Å². The molecule has 0 amide bonds. The summed E-state index contributed by atoms with van der Waals surface area (Å²) in [5, 5.41) is 0. The van der Waals surface area contributed by atoms with Gasteiger partial charge in [-0.15, -0.1) is 0 Å². The van der Waals surface area contributed by atoms with Gasteiger partial charge in [-0.1, -0.05) is 41.5 Å². The van der Waals surface area contributed by atoms with Crippen molar-refractivity contribution in [3.63, 3.8) is 0 Å². The van der Waals surface area contributed by atoms with Crippen LogP contribution in [0.15, 0.2) is 12.1 Å². The Bertz CT molecular complexity index is 561. The van der Waals surface area contributed by atoms with Gasteiger partial charge in [-0.25, -0.2) is 4.79 Å². The van der Waals surface area contributed by atoms with Gasteiger partial charge in [0.05, 0.1) is 7.11 Å². The fourth-order valence-electron chi connectivity index (χ4n) is 2.30. The summed E-state index contributed by atoms with van der Waals surface area (Å²) in [4.78, 5) is 12.3. The second kappa shape index (κ2) is 6.66. The Kier molecular flexibility index (Phi) is 5.64. The van der Waals surface area contributed by atoms with Crippen molar-refractivity contribution in [3.8, 4) is 11.5 Å². The van der Waals surface area contributed by atoms with Crippen molar-refractivity contribution in [1.29, 1.82) is 0 Å². The lowest BCUT2D eigenvalue weighted by Gasteiger charge is -2.30. The largest absolute Gasteiger partial charge is 0.514 e. The van der Waals surface area contributed by atoms with E-state index in [2.05, 4.69) is 41.5 Å². The van der Waals surface area contributed by atoms with Gasteiger partial charge in [0.25, 0.3) is 0 Å². The number of rotatable bonds is 2. The first-order valence-electron chi connectivity index (χ1n) is 8.29. The quantitative estimate of drug-likeness (QED) is 0.520. The summed E-state index contributed by atoms with van der Waals surface area (Å²) in [5.74, 6) is 1.31. The number of hydrogen-bond donors (Lipinski definition) is 0. The minimum atomic E-state index is -0.691. The number of hydrogen-bond acceptors (Lipinski definition) is 4. The topological polar surface area (TPSA) is 44.8 Å². The van der Waals surface area contributed by atoms with E-state index in [0.717, 1.165) is 16.9 Å². The zero-order valence-electron chi connectivity index (χ0n) is 16.8. The van der Waals surface area contributed by atoms with E-state index < -0.39 is 11.8 Å². The maximum absolute atomic E-state index is 12.3. The van der Waals surface area contributed by atoms with E-state index in [1.807, 2.05) is 32.9 Å². The van der Waals surface area contributed by atoms with Crippen molar-refractivity contribution >= 4 is 6.16 Å². The normalized spacial score (nSPS) is 12.8. The zero-order valence-corrected chi connectivity index (χ0v) is 16.8. The van der Waals surface area contributed by atoms with Gasteiger partial charge in [-0.2, -0.15) is 0 Å². The molecular formula is C20H32O4. The Morgan fingerprint density at radius 3 is 1.54 bits per heavy atom. The average molecular weight is 336 g/mol. The maximum Gasteiger partial charge on any atom is 0.514 e. The molecule has 0 N–H and O–H groups in total. The van der Waals surface area contributed by atoms with E-state index in [9.17, 15) is 4.79 Å². The highest BCUT2D eigenvalue weighted by Crippen LogP contribution is 2.42.